The number of ether oxygens (including phenoxy) is 2. The highest BCUT2D eigenvalue weighted by atomic mass is 32.2. The first-order chi connectivity index (χ1) is 16.6. The highest BCUT2D eigenvalue weighted by Crippen LogP contribution is 2.31. The van der Waals surface area contributed by atoms with E-state index in [1.165, 1.54) is 17.8 Å². The van der Waals surface area contributed by atoms with Crippen LogP contribution in [-0.4, -0.2) is 23.8 Å². The van der Waals surface area contributed by atoms with Crippen molar-refractivity contribution in [3.05, 3.63) is 99.1 Å². The van der Waals surface area contributed by atoms with Crippen molar-refractivity contribution in [1.82, 2.24) is 9.55 Å². The summed E-state index contributed by atoms with van der Waals surface area (Å²) in [7, 11) is 3.12. The van der Waals surface area contributed by atoms with E-state index in [2.05, 4.69) is 0 Å². The summed E-state index contributed by atoms with van der Waals surface area (Å²) in [5.74, 6) is 1.55. The maximum Gasteiger partial charge on any atom is 0.336 e. The van der Waals surface area contributed by atoms with Gasteiger partial charge in [-0.25, -0.2) is 9.78 Å². The second-order valence-electron chi connectivity index (χ2n) is 7.47. The van der Waals surface area contributed by atoms with Crippen LogP contribution in [0.5, 0.6) is 11.5 Å². The quantitative estimate of drug-likeness (QED) is 0.199. The summed E-state index contributed by atoms with van der Waals surface area (Å²) < 4.78 is 17.7. The fourth-order valence-corrected chi connectivity index (χ4v) is 4.83. The molecule has 0 aliphatic rings. The summed E-state index contributed by atoms with van der Waals surface area (Å²) in [6.45, 7) is 0. The van der Waals surface area contributed by atoms with Crippen molar-refractivity contribution in [2.75, 3.05) is 14.2 Å². The molecule has 0 N–H and O–H groups in total. The van der Waals surface area contributed by atoms with Crippen molar-refractivity contribution in [3.8, 4) is 17.2 Å². The van der Waals surface area contributed by atoms with Crippen molar-refractivity contribution >= 4 is 33.6 Å². The molecule has 0 saturated heterocycles. The van der Waals surface area contributed by atoms with Gasteiger partial charge in [-0.2, -0.15) is 0 Å². The Morgan fingerprint density at radius 3 is 2.53 bits per heavy atom. The second kappa shape index (κ2) is 9.07. The van der Waals surface area contributed by atoms with E-state index in [9.17, 15) is 9.59 Å². The predicted molar refractivity (Wildman–Crippen MR) is 132 cm³/mol. The molecule has 0 bridgehead atoms. The summed E-state index contributed by atoms with van der Waals surface area (Å²) in [6.07, 6.45) is 0. The number of fused-ring (bicyclic) bond motifs is 2. The molecule has 0 aliphatic carbocycles. The Labute approximate surface area is 198 Å². The van der Waals surface area contributed by atoms with Crippen LogP contribution in [0.4, 0.5) is 0 Å². The number of hydrogen-bond acceptors (Lipinski definition) is 7. The molecule has 0 amide bonds. The SMILES string of the molecule is COc1ccc2c(CSc3nc4ccccc4c(=O)n3-c3ccccc3OC)cc(=O)oc2c1. The number of nitrogens with zero attached hydrogens (tertiary/aromatic N) is 2. The number of hydrogen-bond donors (Lipinski definition) is 0. The van der Waals surface area contributed by atoms with Gasteiger partial charge in [0, 0.05) is 23.3 Å². The summed E-state index contributed by atoms with van der Waals surface area (Å²) in [5.41, 5.74) is 1.76. The van der Waals surface area contributed by atoms with Gasteiger partial charge in [-0.05, 0) is 42.0 Å². The van der Waals surface area contributed by atoms with Crippen molar-refractivity contribution in [2.24, 2.45) is 0 Å². The monoisotopic (exact) mass is 472 g/mol. The number of thioether (sulfide) groups is 1. The van der Waals surface area contributed by atoms with Gasteiger partial charge in [-0.3, -0.25) is 9.36 Å². The fraction of sp³-hybridized carbons (Fsp3) is 0.115. The molecule has 0 spiro atoms. The third kappa shape index (κ3) is 3.92. The highest BCUT2D eigenvalue weighted by molar-refractivity contribution is 7.98. The standard InChI is InChI=1S/C26H20N2O5S/c1-31-17-11-12-18-16(13-24(29)33-23(18)14-17)15-34-26-27-20-8-4-3-7-19(20)25(30)28(26)21-9-5-6-10-22(21)32-2/h3-14H,15H2,1-2H3. The average Bonchev–Trinajstić information content (AvgIpc) is 2.87. The highest BCUT2D eigenvalue weighted by Gasteiger charge is 2.17. The lowest BCUT2D eigenvalue weighted by molar-refractivity contribution is 0.411. The van der Waals surface area contributed by atoms with Crippen LogP contribution < -0.4 is 20.7 Å². The van der Waals surface area contributed by atoms with E-state index in [1.54, 1.807) is 37.0 Å². The summed E-state index contributed by atoms with van der Waals surface area (Å²) in [6, 6.07) is 21.4. The summed E-state index contributed by atoms with van der Waals surface area (Å²) in [5, 5.41) is 1.79. The molecule has 5 aromatic rings. The van der Waals surface area contributed by atoms with Gasteiger partial charge >= 0.3 is 5.63 Å². The lowest BCUT2D eigenvalue weighted by atomic mass is 10.1. The van der Waals surface area contributed by atoms with Crippen LogP contribution in [0.15, 0.2) is 92.0 Å². The third-order valence-corrected chi connectivity index (χ3v) is 6.45. The normalized spacial score (nSPS) is 11.1. The van der Waals surface area contributed by atoms with Crippen molar-refractivity contribution in [3.63, 3.8) is 0 Å². The van der Waals surface area contributed by atoms with Crippen LogP contribution in [0.25, 0.3) is 27.6 Å². The predicted octanol–water partition coefficient (Wildman–Crippen LogP) is 4.80. The van der Waals surface area contributed by atoms with Gasteiger partial charge in [-0.1, -0.05) is 36.0 Å². The number of para-hydroxylation sites is 3. The van der Waals surface area contributed by atoms with Gasteiger partial charge in [0.2, 0.25) is 0 Å². The molecule has 3 aromatic carbocycles. The van der Waals surface area contributed by atoms with E-state index in [0.29, 0.717) is 44.6 Å². The first-order valence-electron chi connectivity index (χ1n) is 10.5. The van der Waals surface area contributed by atoms with Crippen LogP contribution in [0.2, 0.25) is 0 Å². The topological polar surface area (TPSA) is 83.6 Å². The van der Waals surface area contributed by atoms with Gasteiger partial charge in [0.1, 0.15) is 17.1 Å². The minimum absolute atomic E-state index is 0.195. The molecule has 2 aromatic heterocycles. The molecular weight excluding hydrogens is 452 g/mol. The first kappa shape index (κ1) is 21.8. The Bertz CT molecular complexity index is 1640. The zero-order valence-corrected chi connectivity index (χ0v) is 19.3. The van der Waals surface area contributed by atoms with E-state index in [4.69, 9.17) is 18.9 Å². The maximum atomic E-state index is 13.5. The Balaban J connectivity index is 1.65. The molecule has 0 radical (unpaired) electrons. The van der Waals surface area contributed by atoms with Crippen LogP contribution in [0.3, 0.4) is 0 Å². The van der Waals surface area contributed by atoms with E-state index in [0.717, 1.165) is 10.9 Å². The van der Waals surface area contributed by atoms with Crippen LogP contribution in [0.1, 0.15) is 5.56 Å². The van der Waals surface area contributed by atoms with E-state index in [-0.39, 0.29) is 5.56 Å². The maximum absolute atomic E-state index is 13.5. The van der Waals surface area contributed by atoms with E-state index < -0.39 is 5.63 Å². The Kier molecular flexibility index (Phi) is 5.81. The molecule has 7 nitrogen and oxygen atoms in total. The minimum Gasteiger partial charge on any atom is -0.497 e. The molecule has 0 atom stereocenters. The van der Waals surface area contributed by atoms with Crippen molar-refractivity contribution < 1.29 is 13.9 Å². The largest absolute Gasteiger partial charge is 0.497 e. The van der Waals surface area contributed by atoms with Crippen LogP contribution in [-0.2, 0) is 5.75 Å². The Hall–Kier alpha value is -4.04. The molecule has 170 valence electrons. The third-order valence-electron chi connectivity index (χ3n) is 5.47. The number of benzene rings is 3. The Morgan fingerprint density at radius 2 is 1.71 bits per heavy atom. The molecule has 34 heavy (non-hydrogen) atoms. The van der Waals surface area contributed by atoms with Gasteiger partial charge < -0.3 is 13.9 Å². The minimum atomic E-state index is -0.454. The summed E-state index contributed by atoms with van der Waals surface area (Å²) >= 11 is 1.36. The molecule has 8 heteroatoms. The smallest absolute Gasteiger partial charge is 0.336 e. The van der Waals surface area contributed by atoms with Gasteiger partial charge in [-0.15, -0.1) is 0 Å². The summed E-state index contributed by atoms with van der Waals surface area (Å²) in [4.78, 5) is 30.5. The lowest BCUT2D eigenvalue weighted by Gasteiger charge is -2.16. The molecule has 0 saturated carbocycles. The van der Waals surface area contributed by atoms with E-state index in [1.807, 2.05) is 48.5 Å². The molecular formula is C26H20N2O5S. The van der Waals surface area contributed by atoms with Crippen molar-refractivity contribution in [1.29, 1.82) is 0 Å². The zero-order chi connectivity index (χ0) is 23.7. The Morgan fingerprint density at radius 1 is 0.912 bits per heavy atom. The van der Waals surface area contributed by atoms with Gasteiger partial charge in [0.05, 0.1) is 30.8 Å². The number of methoxy groups -OCH3 is 2. The van der Waals surface area contributed by atoms with Crippen LogP contribution in [0, 0.1) is 0 Å². The molecule has 0 aliphatic heterocycles. The molecule has 0 unspecified atom stereocenters. The van der Waals surface area contributed by atoms with E-state index >= 15 is 0 Å². The lowest BCUT2D eigenvalue weighted by Crippen LogP contribution is -2.22. The average molecular weight is 473 g/mol. The fourth-order valence-electron chi connectivity index (χ4n) is 3.84. The van der Waals surface area contributed by atoms with Gasteiger partial charge in [0.15, 0.2) is 5.16 Å². The van der Waals surface area contributed by atoms with Gasteiger partial charge in [0.25, 0.3) is 5.56 Å². The molecule has 5 rings (SSSR count). The second-order valence-corrected chi connectivity index (χ2v) is 8.41. The molecule has 2 heterocycles. The van der Waals surface area contributed by atoms with Crippen molar-refractivity contribution in [2.45, 2.75) is 10.9 Å². The first-order valence-corrected chi connectivity index (χ1v) is 11.5. The number of aromatic nitrogens is 2. The zero-order valence-electron chi connectivity index (χ0n) is 18.5. The number of rotatable bonds is 6. The van der Waals surface area contributed by atoms with Crippen LogP contribution >= 0.6 is 11.8 Å². The molecule has 0 fully saturated rings.